The number of rotatable bonds is 8. The van der Waals surface area contributed by atoms with Gasteiger partial charge in [-0.25, -0.2) is 14.8 Å². The summed E-state index contributed by atoms with van der Waals surface area (Å²) in [5.74, 6) is -0.433. The second-order valence-electron chi connectivity index (χ2n) is 6.42. The number of piperidine rings is 1. The average Bonchev–Trinajstić information content (AvgIpc) is 3.37. The van der Waals surface area contributed by atoms with Crippen LogP contribution in [-0.4, -0.2) is 64.8 Å². The number of imidazole rings is 1. The normalized spacial score (nSPS) is 19.8. The number of carbonyl (C=O) groups excluding carboxylic acids is 1. The fourth-order valence-corrected chi connectivity index (χ4v) is 4.08. The molecule has 0 spiro atoms. The van der Waals surface area contributed by atoms with E-state index in [9.17, 15) is 9.59 Å². The zero-order chi connectivity index (χ0) is 19.2. The molecule has 0 unspecified atom stereocenters. The predicted molar refractivity (Wildman–Crippen MR) is 100 cm³/mol. The molecule has 1 saturated heterocycles. The standard InChI is InChI=1S/C17H23N5O4S/c1-26-12-10-22(17-21-9-13(27-17)16(24)25)8-4-11(12)3-2-5-20-15(23)14-18-6-7-19-14/h6-7,9,11-12H,2-5,8,10H2,1H3,(H,18,19)(H,20,23)(H,24,25)/t11-,12+/m1/s1. The number of ether oxygens (including phenoxy) is 1. The van der Waals surface area contributed by atoms with E-state index in [0.29, 0.717) is 24.8 Å². The van der Waals surface area contributed by atoms with Crippen molar-refractivity contribution < 1.29 is 19.4 Å². The maximum Gasteiger partial charge on any atom is 0.347 e. The SMILES string of the molecule is CO[C@H]1CN(c2ncc(C(=O)O)s2)CC[C@H]1CCCNC(=O)c1ncc[nH]1. The van der Waals surface area contributed by atoms with E-state index in [1.165, 1.54) is 17.5 Å². The highest BCUT2D eigenvalue weighted by Gasteiger charge is 2.30. The van der Waals surface area contributed by atoms with Crippen LogP contribution in [0.3, 0.4) is 0 Å². The highest BCUT2D eigenvalue weighted by Crippen LogP contribution is 2.30. The van der Waals surface area contributed by atoms with E-state index in [4.69, 9.17) is 9.84 Å². The van der Waals surface area contributed by atoms with Crippen LogP contribution in [0.2, 0.25) is 0 Å². The molecule has 3 N–H and O–H groups in total. The molecular weight excluding hydrogens is 370 g/mol. The summed E-state index contributed by atoms with van der Waals surface area (Å²) in [6.07, 6.45) is 7.36. The Morgan fingerprint density at radius 2 is 2.33 bits per heavy atom. The van der Waals surface area contributed by atoms with Crippen LogP contribution >= 0.6 is 11.3 Å². The van der Waals surface area contributed by atoms with Crippen molar-refractivity contribution in [2.24, 2.45) is 5.92 Å². The van der Waals surface area contributed by atoms with Gasteiger partial charge in [0.05, 0.1) is 12.3 Å². The molecule has 2 aromatic heterocycles. The van der Waals surface area contributed by atoms with Crippen LogP contribution in [0.15, 0.2) is 18.6 Å². The quantitative estimate of drug-likeness (QED) is 0.583. The highest BCUT2D eigenvalue weighted by atomic mass is 32.1. The van der Waals surface area contributed by atoms with Gasteiger partial charge in [-0.15, -0.1) is 0 Å². The monoisotopic (exact) mass is 393 g/mol. The lowest BCUT2D eigenvalue weighted by Gasteiger charge is -2.37. The van der Waals surface area contributed by atoms with Gasteiger partial charge in [0.2, 0.25) is 0 Å². The number of carboxylic acids is 1. The highest BCUT2D eigenvalue weighted by molar-refractivity contribution is 7.17. The molecule has 9 nitrogen and oxygen atoms in total. The Kier molecular flexibility index (Phi) is 6.40. The van der Waals surface area contributed by atoms with E-state index < -0.39 is 5.97 Å². The van der Waals surface area contributed by atoms with Crippen molar-refractivity contribution in [3.05, 3.63) is 29.3 Å². The number of aromatic carboxylic acids is 1. The molecule has 27 heavy (non-hydrogen) atoms. The Hall–Kier alpha value is -2.46. The molecule has 0 aliphatic carbocycles. The Bertz CT molecular complexity index is 763. The molecule has 0 aromatic carbocycles. The second-order valence-corrected chi connectivity index (χ2v) is 7.43. The summed E-state index contributed by atoms with van der Waals surface area (Å²) >= 11 is 1.19. The molecular formula is C17H23N5O4S. The number of hydrogen-bond acceptors (Lipinski definition) is 7. The van der Waals surface area contributed by atoms with Gasteiger partial charge < -0.3 is 25.0 Å². The van der Waals surface area contributed by atoms with Crippen LogP contribution in [0.25, 0.3) is 0 Å². The Labute approximate surface area is 160 Å². The molecule has 1 aliphatic heterocycles. The summed E-state index contributed by atoms with van der Waals surface area (Å²) < 4.78 is 5.66. The number of anilines is 1. The molecule has 3 heterocycles. The van der Waals surface area contributed by atoms with Crippen molar-refractivity contribution in [2.75, 3.05) is 31.6 Å². The minimum atomic E-state index is -0.950. The molecule has 1 amide bonds. The largest absolute Gasteiger partial charge is 0.477 e. The van der Waals surface area contributed by atoms with Gasteiger partial charge in [0.15, 0.2) is 11.0 Å². The first-order chi connectivity index (χ1) is 13.1. The zero-order valence-electron chi connectivity index (χ0n) is 15.1. The van der Waals surface area contributed by atoms with Crippen LogP contribution in [-0.2, 0) is 4.74 Å². The van der Waals surface area contributed by atoms with Crippen molar-refractivity contribution in [1.82, 2.24) is 20.3 Å². The van der Waals surface area contributed by atoms with Crippen molar-refractivity contribution in [2.45, 2.75) is 25.4 Å². The van der Waals surface area contributed by atoms with Gasteiger partial charge in [-0.2, -0.15) is 0 Å². The van der Waals surface area contributed by atoms with Crippen LogP contribution in [0.4, 0.5) is 5.13 Å². The van der Waals surface area contributed by atoms with Crippen LogP contribution in [0.1, 0.15) is 39.6 Å². The Morgan fingerprint density at radius 3 is 3.00 bits per heavy atom. The average molecular weight is 393 g/mol. The molecule has 0 saturated carbocycles. The summed E-state index contributed by atoms with van der Waals surface area (Å²) in [7, 11) is 1.70. The van der Waals surface area contributed by atoms with Crippen LogP contribution < -0.4 is 10.2 Å². The predicted octanol–water partition coefficient (Wildman–Crippen LogP) is 1.62. The van der Waals surface area contributed by atoms with Crippen molar-refractivity contribution in [3.8, 4) is 0 Å². The fraction of sp³-hybridized carbons (Fsp3) is 0.529. The number of nitrogens with one attached hydrogen (secondary N) is 2. The maximum atomic E-state index is 11.8. The van der Waals surface area contributed by atoms with Crippen LogP contribution in [0, 0.1) is 5.92 Å². The van der Waals surface area contributed by atoms with Gasteiger partial charge in [-0.1, -0.05) is 11.3 Å². The van der Waals surface area contributed by atoms with Crippen molar-refractivity contribution in [1.29, 1.82) is 0 Å². The minimum Gasteiger partial charge on any atom is -0.477 e. The van der Waals surface area contributed by atoms with Crippen molar-refractivity contribution >= 4 is 28.3 Å². The lowest BCUT2D eigenvalue weighted by atomic mass is 9.89. The molecule has 0 radical (unpaired) electrons. The summed E-state index contributed by atoms with van der Waals surface area (Å²) in [5, 5.41) is 12.6. The lowest BCUT2D eigenvalue weighted by Crippen LogP contribution is -2.45. The van der Waals surface area contributed by atoms with Crippen LogP contribution in [0.5, 0.6) is 0 Å². The summed E-state index contributed by atoms with van der Waals surface area (Å²) in [6, 6.07) is 0. The smallest absolute Gasteiger partial charge is 0.347 e. The third-order valence-corrected chi connectivity index (χ3v) is 5.77. The first-order valence-corrected chi connectivity index (χ1v) is 9.64. The van der Waals surface area contributed by atoms with E-state index in [0.717, 1.165) is 30.9 Å². The van der Waals surface area contributed by atoms with E-state index in [-0.39, 0.29) is 16.9 Å². The first-order valence-electron chi connectivity index (χ1n) is 8.83. The maximum absolute atomic E-state index is 11.8. The summed E-state index contributed by atoms with van der Waals surface area (Å²) in [4.78, 5) is 36.1. The fourth-order valence-electron chi connectivity index (χ4n) is 3.29. The Balaban J connectivity index is 1.45. The topological polar surface area (TPSA) is 120 Å². The summed E-state index contributed by atoms with van der Waals surface area (Å²) in [6.45, 7) is 2.09. The molecule has 1 fully saturated rings. The number of thiazole rings is 1. The molecule has 2 aromatic rings. The third kappa shape index (κ3) is 4.83. The second kappa shape index (κ2) is 8.96. The number of carboxylic acid groups (broad SMARTS) is 1. The lowest BCUT2D eigenvalue weighted by molar-refractivity contribution is 0.0382. The first kappa shape index (κ1) is 19.3. The molecule has 146 valence electrons. The Morgan fingerprint density at radius 1 is 1.48 bits per heavy atom. The molecule has 1 aliphatic rings. The number of aromatic nitrogens is 3. The van der Waals surface area contributed by atoms with E-state index in [2.05, 4.69) is 25.2 Å². The van der Waals surface area contributed by atoms with Gasteiger partial charge >= 0.3 is 5.97 Å². The number of carbonyl (C=O) groups is 2. The number of amides is 1. The van der Waals surface area contributed by atoms with Gasteiger partial charge in [-0.05, 0) is 25.2 Å². The number of H-pyrrole nitrogens is 1. The number of methoxy groups -OCH3 is 1. The van der Waals surface area contributed by atoms with E-state index >= 15 is 0 Å². The molecule has 10 heteroatoms. The number of nitrogens with zero attached hydrogens (tertiary/aromatic N) is 3. The van der Waals surface area contributed by atoms with E-state index in [1.807, 2.05) is 0 Å². The van der Waals surface area contributed by atoms with Gasteiger partial charge in [0.25, 0.3) is 5.91 Å². The summed E-state index contributed by atoms with van der Waals surface area (Å²) in [5.41, 5.74) is 0. The van der Waals surface area contributed by atoms with E-state index in [1.54, 1.807) is 19.5 Å². The minimum absolute atomic E-state index is 0.0525. The molecule has 2 atom stereocenters. The van der Waals surface area contributed by atoms with Gasteiger partial charge in [0, 0.05) is 39.1 Å². The number of hydrogen-bond donors (Lipinski definition) is 3. The molecule has 3 rings (SSSR count). The zero-order valence-corrected chi connectivity index (χ0v) is 15.9. The number of aromatic amines is 1. The van der Waals surface area contributed by atoms with Crippen molar-refractivity contribution in [3.63, 3.8) is 0 Å². The third-order valence-electron chi connectivity index (χ3n) is 4.72. The van der Waals surface area contributed by atoms with Gasteiger partial charge in [0.1, 0.15) is 4.88 Å². The van der Waals surface area contributed by atoms with Gasteiger partial charge in [-0.3, -0.25) is 4.79 Å². The molecule has 0 bridgehead atoms.